The molecular formula is C51H56N8O17P2. The number of H-pyrrole nitrogens is 1. The Balaban J connectivity index is 1.25. The van der Waals surface area contributed by atoms with E-state index in [0.29, 0.717) is 28.2 Å². The highest BCUT2D eigenvalue weighted by Gasteiger charge is 2.48. The van der Waals surface area contributed by atoms with Crippen LogP contribution in [-0.2, 0) is 61.1 Å². The second-order valence-electron chi connectivity index (χ2n) is 17.4. The molecule has 2 aromatic heterocycles. The lowest BCUT2D eigenvalue weighted by Gasteiger charge is -2.37. The molecule has 1 unspecified atom stereocenters. The number of nitriles is 3. The number of rotatable bonds is 27. The van der Waals surface area contributed by atoms with Crippen molar-refractivity contribution in [2.75, 3.05) is 52.3 Å². The van der Waals surface area contributed by atoms with Crippen LogP contribution in [0, 0.1) is 40.9 Å². The van der Waals surface area contributed by atoms with E-state index in [2.05, 4.69) is 15.1 Å². The molecule has 3 aromatic carbocycles. The van der Waals surface area contributed by atoms with Gasteiger partial charge in [0, 0.05) is 37.7 Å². The Morgan fingerprint density at radius 2 is 1.28 bits per heavy atom. The number of methoxy groups -OCH3 is 2. The molecule has 0 bridgehead atoms. The third kappa shape index (κ3) is 14.4. The molecule has 27 heteroatoms. The van der Waals surface area contributed by atoms with Crippen molar-refractivity contribution in [2.45, 2.75) is 88.4 Å². The summed E-state index contributed by atoms with van der Waals surface area (Å²) in [7, 11) is -6.05. The Labute approximate surface area is 447 Å². The van der Waals surface area contributed by atoms with E-state index in [1.165, 1.54) is 46.5 Å². The SMILES string of the molecule is COc1ccc(C(OC[C@H]2O[C@@H](n3ccc(NP(=O)(OCCC#N)OCCC#N)nc3=O)C[C@@H]2OP(=O)(OCCC#N)OC[C@H]2O[C@@H](n3cc(C)c(=O)[nH]c3=O)C[C@@H]2OC(C)=O)(c2ccccc2)c2ccc(OC)cc2)cc1. The topological polar surface area (TPSA) is 326 Å². The van der Waals surface area contributed by atoms with Gasteiger partial charge in [0.1, 0.15) is 59.8 Å². The van der Waals surface area contributed by atoms with Crippen LogP contribution in [0.2, 0.25) is 0 Å². The monoisotopic (exact) mass is 1110 g/mol. The first-order valence-corrected chi connectivity index (χ1v) is 27.3. The summed E-state index contributed by atoms with van der Waals surface area (Å²) in [6, 6.07) is 30.7. The van der Waals surface area contributed by atoms with Crippen molar-refractivity contribution >= 4 is 27.4 Å². The lowest BCUT2D eigenvalue weighted by Crippen LogP contribution is -2.38. The fourth-order valence-corrected chi connectivity index (χ4v) is 11.2. The van der Waals surface area contributed by atoms with Gasteiger partial charge in [0.05, 0.1) is 84.7 Å². The molecule has 2 aliphatic rings. The predicted molar refractivity (Wildman–Crippen MR) is 274 cm³/mol. The molecular weight excluding hydrogens is 1060 g/mol. The van der Waals surface area contributed by atoms with Gasteiger partial charge < -0.3 is 28.4 Å². The lowest BCUT2D eigenvalue weighted by atomic mass is 9.80. The number of nitrogens with zero attached hydrogens (tertiary/aromatic N) is 6. The molecule has 5 aromatic rings. The van der Waals surface area contributed by atoms with Crippen LogP contribution in [0.1, 0.15) is 73.7 Å². The number of aryl methyl sites for hydroxylation is 1. The van der Waals surface area contributed by atoms with Gasteiger partial charge in [-0.3, -0.25) is 51.4 Å². The van der Waals surface area contributed by atoms with E-state index in [1.54, 1.807) is 24.3 Å². The molecule has 78 heavy (non-hydrogen) atoms. The average molecular weight is 1110 g/mol. The third-order valence-corrected chi connectivity index (χ3v) is 15.3. The predicted octanol–water partition coefficient (Wildman–Crippen LogP) is 6.46. The van der Waals surface area contributed by atoms with Crippen LogP contribution in [0.25, 0.3) is 0 Å². The minimum Gasteiger partial charge on any atom is -0.497 e. The standard InChI is InChI=1S/C51H56N8O17P2/c1-34-31-59(50(63)56-48(34)61)47-29-41(73-35(2)60)44(75-47)33-72-78(65,71-28-10-24-54)76-42-30-46(58-25-21-45(55-49(58)62)57-77(64,69-26-8-22-52)70-27-9-23-53)74-43(42)32-68-51(36-11-6-5-7-12-36,37-13-17-39(66-3)18-14-37)38-15-19-40(67-4)20-16-38/h5-7,11-21,25,31,41-44,46-47H,8-10,26-30,32-33H2,1-4H3,(H,56,61,63)(H,55,57,62,64)/t41-,42-,43+,44+,46+,47+,78?/m0/s1. The van der Waals surface area contributed by atoms with E-state index < -0.39 is 94.2 Å². The number of hydrogen-bond acceptors (Lipinski definition) is 21. The second kappa shape index (κ2) is 26.8. The highest BCUT2D eigenvalue weighted by Crippen LogP contribution is 2.54. The summed E-state index contributed by atoms with van der Waals surface area (Å²) in [5.41, 5.74) is -1.61. The maximum atomic E-state index is 15.1. The summed E-state index contributed by atoms with van der Waals surface area (Å²) < 4.78 is 96.2. The highest BCUT2D eigenvalue weighted by atomic mass is 31.2. The van der Waals surface area contributed by atoms with E-state index in [0.717, 1.165) is 9.13 Å². The van der Waals surface area contributed by atoms with E-state index in [4.69, 9.17) is 61.6 Å². The molecule has 7 rings (SSSR count). The Morgan fingerprint density at radius 3 is 1.83 bits per heavy atom. The molecule has 7 atom stereocenters. The van der Waals surface area contributed by atoms with Crippen LogP contribution in [0.3, 0.4) is 0 Å². The molecule has 0 amide bonds. The number of carbonyl (C=O) groups is 1. The van der Waals surface area contributed by atoms with Crippen molar-refractivity contribution in [1.29, 1.82) is 15.8 Å². The molecule has 0 saturated carbocycles. The molecule has 4 heterocycles. The van der Waals surface area contributed by atoms with Gasteiger partial charge in [0.15, 0.2) is 0 Å². The molecule has 0 radical (unpaired) electrons. The fourth-order valence-electron chi connectivity index (χ4n) is 8.56. The minimum atomic E-state index is -4.87. The number of aromatic nitrogens is 4. The molecule has 0 aliphatic carbocycles. The summed E-state index contributed by atoms with van der Waals surface area (Å²) in [5, 5.41) is 30.0. The van der Waals surface area contributed by atoms with Gasteiger partial charge in [0.25, 0.3) is 5.56 Å². The average Bonchev–Trinajstić information content (AvgIpc) is 4.13. The minimum absolute atomic E-state index is 0.0837. The van der Waals surface area contributed by atoms with Crippen LogP contribution in [-0.4, -0.2) is 96.7 Å². The van der Waals surface area contributed by atoms with Gasteiger partial charge in [-0.1, -0.05) is 54.6 Å². The van der Waals surface area contributed by atoms with Crippen molar-refractivity contribution in [3.63, 3.8) is 0 Å². The van der Waals surface area contributed by atoms with Gasteiger partial charge >= 0.3 is 32.9 Å². The Hall–Kier alpha value is -7.30. The molecule has 412 valence electrons. The second-order valence-corrected chi connectivity index (χ2v) is 20.8. The summed E-state index contributed by atoms with van der Waals surface area (Å²) in [5.74, 6) is 0.181. The Kier molecular flexibility index (Phi) is 20.1. The van der Waals surface area contributed by atoms with Crippen molar-refractivity contribution in [3.8, 4) is 29.7 Å². The van der Waals surface area contributed by atoms with Gasteiger partial charge in [0.2, 0.25) is 0 Å². The van der Waals surface area contributed by atoms with Crippen molar-refractivity contribution in [2.24, 2.45) is 0 Å². The van der Waals surface area contributed by atoms with Crippen molar-refractivity contribution in [1.82, 2.24) is 19.1 Å². The van der Waals surface area contributed by atoms with Crippen LogP contribution in [0.4, 0.5) is 5.82 Å². The van der Waals surface area contributed by atoms with Crippen molar-refractivity contribution < 1.29 is 65.0 Å². The number of hydrogen-bond donors (Lipinski definition) is 2. The van der Waals surface area contributed by atoms with E-state index in [1.807, 2.05) is 72.8 Å². The summed E-state index contributed by atoms with van der Waals surface area (Å²) in [4.78, 5) is 57.7. The first kappa shape index (κ1) is 58.4. The summed E-state index contributed by atoms with van der Waals surface area (Å²) >= 11 is 0. The zero-order valence-corrected chi connectivity index (χ0v) is 44.6. The number of carbonyl (C=O) groups excluding carboxylic acids is 1. The third-order valence-electron chi connectivity index (χ3n) is 12.2. The highest BCUT2D eigenvalue weighted by molar-refractivity contribution is 7.55. The quantitative estimate of drug-likeness (QED) is 0.0247. The fraction of sp³-hybridized carbons (Fsp3) is 0.412. The number of aromatic amines is 1. The smallest absolute Gasteiger partial charge is 0.475 e. The van der Waals surface area contributed by atoms with Crippen LogP contribution in [0.15, 0.2) is 112 Å². The normalized spacial score (nSPS) is 19.9. The number of esters is 1. The largest absolute Gasteiger partial charge is 0.497 e. The van der Waals surface area contributed by atoms with E-state index in [-0.39, 0.29) is 63.3 Å². The molecule has 2 fully saturated rings. The number of phosphoric acid groups is 1. The Bertz CT molecular complexity index is 3200. The molecule has 0 spiro atoms. The van der Waals surface area contributed by atoms with Gasteiger partial charge in [-0.2, -0.15) is 20.8 Å². The zero-order valence-electron chi connectivity index (χ0n) is 42.8. The van der Waals surface area contributed by atoms with Gasteiger partial charge in [-0.15, -0.1) is 0 Å². The van der Waals surface area contributed by atoms with Gasteiger partial charge in [-0.05, 0) is 53.9 Å². The maximum absolute atomic E-state index is 15.1. The lowest BCUT2D eigenvalue weighted by molar-refractivity contribution is -0.150. The van der Waals surface area contributed by atoms with Crippen LogP contribution >= 0.6 is 15.6 Å². The number of ether oxygens (including phenoxy) is 6. The van der Waals surface area contributed by atoms with Crippen LogP contribution in [0.5, 0.6) is 11.5 Å². The number of anilines is 1. The summed E-state index contributed by atoms with van der Waals surface area (Å²) in [6.45, 7) is 0.615. The van der Waals surface area contributed by atoms with Crippen molar-refractivity contribution in [3.05, 3.63) is 151 Å². The molecule has 2 aliphatic heterocycles. The summed E-state index contributed by atoms with van der Waals surface area (Å²) in [6.07, 6.45) is -5.45. The number of benzene rings is 3. The molecule has 25 nitrogen and oxygen atoms in total. The first-order chi connectivity index (χ1) is 37.6. The number of nitrogens with one attached hydrogen (secondary N) is 2. The maximum Gasteiger partial charge on any atom is 0.475 e. The van der Waals surface area contributed by atoms with E-state index in [9.17, 15) is 29.0 Å². The number of phosphoric ester groups is 1. The van der Waals surface area contributed by atoms with Gasteiger partial charge in [-0.25, -0.2) is 18.7 Å². The molecule has 2 saturated heterocycles. The van der Waals surface area contributed by atoms with Crippen LogP contribution < -0.4 is 31.5 Å². The van der Waals surface area contributed by atoms with E-state index >= 15 is 4.57 Å². The zero-order chi connectivity index (χ0) is 55.9. The molecule has 2 N–H and O–H groups in total. The Morgan fingerprint density at radius 1 is 0.744 bits per heavy atom. The first-order valence-electron chi connectivity index (χ1n) is 24.3.